The zero-order valence-corrected chi connectivity index (χ0v) is 17.2. The minimum atomic E-state index is -0.368. The second kappa shape index (κ2) is 9.23. The van der Waals surface area contributed by atoms with E-state index < -0.39 is 0 Å². The van der Waals surface area contributed by atoms with Crippen LogP contribution in [-0.2, 0) is 9.59 Å². The van der Waals surface area contributed by atoms with Crippen molar-refractivity contribution >= 4 is 57.4 Å². The molecule has 1 aliphatic heterocycles. The van der Waals surface area contributed by atoms with Crippen LogP contribution in [0.4, 0.5) is 0 Å². The Morgan fingerprint density at radius 2 is 2.12 bits per heavy atom. The number of hydrogen-bond acceptors (Lipinski definition) is 5. The molecule has 0 radical (unpaired) electrons. The van der Waals surface area contributed by atoms with Gasteiger partial charge >= 0.3 is 0 Å². The van der Waals surface area contributed by atoms with Crippen LogP contribution in [0.15, 0.2) is 22.0 Å². The average Bonchev–Trinajstić information content (AvgIpc) is 2.85. The normalized spacial score (nSPS) is 15.3. The third-order valence-corrected chi connectivity index (χ3v) is 4.68. The lowest BCUT2D eigenvalue weighted by atomic mass is 10.2. The Morgan fingerprint density at radius 3 is 2.76 bits per heavy atom. The minimum absolute atomic E-state index is 0.258. The molecule has 1 aromatic rings. The van der Waals surface area contributed by atoms with Gasteiger partial charge in [0.05, 0.1) is 21.7 Å². The summed E-state index contributed by atoms with van der Waals surface area (Å²) in [5.74, 6) is 0.735. The van der Waals surface area contributed by atoms with Crippen molar-refractivity contribution in [3.05, 3.63) is 26.2 Å². The summed E-state index contributed by atoms with van der Waals surface area (Å²) in [6.45, 7) is 6.45. The maximum absolute atomic E-state index is 12.0. The van der Waals surface area contributed by atoms with Crippen LogP contribution in [0.5, 0.6) is 11.5 Å². The second-order valence-corrected chi connectivity index (χ2v) is 7.32. The van der Waals surface area contributed by atoms with Gasteiger partial charge in [-0.3, -0.25) is 9.59 Å². The van der Waals surface area contributed by atoms with Crippen LogP contribution in [0.3, 0.4) is 0 Å². The van der Waals surface area contributed by atoms with Gasteiger partial charge in [0, 0.05) is 6.92 Å². The summed E-state index contributed by atoms with van der Waals surface area (Å²) in [5.41, 5.74) is 0.812. The molecule has 0 aromatic heterocycles. The molecular weight excluding hydrogens is 455 g/mol. The molecule has 0 fully saturated rings. The van der Waals surface area contributed by atoms with Crippen LogP contribution in [0.2, 0.25) is 0 Å². The first-order chi connectivity index (χ1) is 11.9. The standard InChI is InChI=1S/C17H19IN2O4S/c1-4-6-24-15-12(18)7-11(8-13(15)23-5-2)9-14-16(22)20-17(25-14)19-10(3)21/h7-9H,4-6H2,1-3H3,(H,19,20,21,22)/b14-9-. The molecule has 1 aromatic carbocycles. The molecule has 0 spiro atoms. The number of benzene rings is 1. The van der Waals surface area contributed by atoms with Crippen molar-refractivity contribution in [2.75, 3.05) is 13.2 Å². The van der Waals surface area contributed by atoms with Gasteiger partial charge in [0.1, 0.15) is 0 Å². The number of carbonyl (C=O) groups excluding carboxylic acids is 2. The average molecular weight is 474 g/mol. The summed E-state index contributed by atoms with van der Waals surface area (Å²) in [6.07, 6.45) is 2.64. The lowest BCUT2D eigenvalue weighted by molar-refractivity contribution is -0.117. The summed E-state index contributed by atoms with van der Waals surface area (Å²) >= 11 is 3.33. The first kappa shape index (κ1) is 19.8. The Balaban J connectivity index is 2.28. The number of halogens is 1. The van der Waals surface area contributed by atoms with Crippen LogP contribution in [0.1, 0.15) is 32.8 Å². The van der Waals surface area contributed by atoms with E-state index in [0.29, 0.717) is 34.8 Å². The van der Waals surface area contributed by atoms with E-state index in [1.807, 2.05) is 26.0 Å². The van der Waals surface area contributed by atoms with Crippen LogP contribution >= 0.6 is 34.4 Å². The van der Waals surface area contributed by atoms with Gasteiger partial charge < -0.3 is 14.8 Å². The molecule has 1 N–H and O–H groups in total. The number of hydrogen-bond donors (Lipinski definition) is 1. The number of rotatable bonds is 6. The predicted octanol–water partition coefficient (Wildman–Crippen LogP) is 3.59. The fourth-order valence-electron chi connectivity index (χ4n) is 2.04. The Morgan fingerprint density at radius 1 is 1.36 bits per heavy atom. The molecule has 0 aliphatic carbocycles. The van der Waals surface area contributed by atoms with Crippen LogP contribution in [-0.4, -0.2) is 30.2 Å². The Labute approximate surface area is 164 Å². The summed E-state index contributed by atoms with van der Waals surface area (Å²) in [4.78, 5) is 27.4. The maximum Gasteiger partial charge on any atom is 0.286 e. The minimum Gasteiger partial charge on any atom is -0.490 e. The highest BCUT2D eigenvalue weighted by Crippen LogP contribution is 2.36. The predicted molar refractivity (Wildman–Crippen MR) is 108 cm³/mol. The molecule has 0 unspecified atom stereocenters. The third kappa shape index (κ3) is 5.46. The lowest BCUT2D eigenvalue weighted by Crippen LogP contribution is -2.23. The molecule has 2 amide bonds. The molecule has 25 heavy (non-hydrogen) atoms. The Kier molecular flexibility index (Phi) is 7.30. The molecule has 134 valence electrons. The SMILES string of the molecule is CCCOc1c(I)cc(/C=C2\SC(NC(C)=O)=NC2=O)cc1OCC. The third-order valence-electron chi connectivity index (χ3n) is 2.98. The van der Waals surface area contributed by atoms with Crippen molar-refractivity contribution in [2.24, 2.45) is 4.99 Å². The van der Waals surface area contributed by atoms with E-state index in [4.69, 9.17) is 9.47 Å². The number of thioether (sulfide) groups is 1. The van der Waals surface area contributed by atoms with Gasteiger partial charge in [-0.25, -0.2) is 0 Å². The van der Waals surface area contributed by atoms with Gasteiger partial charge in [0.2, 0.25) is 5.91 Å². The zero-order chi connectivity index (χ0) is 18.4. The number of carbonyl (C=O) groups is 2. The van der Waals surface area contributed by atoms with Crippen molar-refractivity contribution < 1.29 is 19.1 Å². The quantitative estimate of drug-likeness (QED) is 0.504. The molecule has 1 heterocycles. The van der Waals surface area contributed by atoms with Crippen LogP contribution in [0.25, 0.3) is 6.08 Å². The number of aliphatic imine (C=N–C) groups is 1. The van der Waals surface area contributed by atoms with E-state index >= 15 is 0 Å². The molecule has 0 saturated carbocycles. The highest BCUT2D eigenvalue weighted by Gasteiger charge is 2.23. The van der Waals surface area contributed by atoms with Crippen LogP contribution < -0.4 is 14.8 Å². The number of amidine groups is 1. The summed E-state index contributed by atoms with van der Waals surface area (Å²) < 4.78 is 12.4. The van der Waals surface area contributed by atoms with E-state index in [0.717, 1.165) is 27.3 Å². The summed E-state index contributed by atoms with van der Waals surface area (Å²) in [7, 11) is 0. The fraction of sp³-hybridized carbons (Fsp3) is 0.353. The molecule has 0 bridgehead atoms. The fourth-order valence-corrected chi connectivity index (χ4v) is 3.68. The summed E-state index contributed by atoms with van der Waals surface area (Å²) in [6, 6.07) is 3.76. The van der Waals surface area contributed by atoms with Gasteiger partial charge in [-0.05, 0) is 71.5 Å². The highest BCUT2D eigenvalue weighted by molar-refractivity contribution is 14.1. The Bertz CT molecular complexity index is 746. The van der Waals surface area contributed by atoms with Crippen molar-refractivity contribution in [3.8, 4) is 11.5 Å². The first-order valence-electron chi connectivity index (χ1n) is 7.83. The van der Waals surface area contributed by atoms with Crippen molar-refractivity contribution in [2.45, 2.75) is 27.2 Å². The van der Waals surface area contributed by atoms with E-state index in [1.54, 1.807) is 6.08 Å². The molecule has 1 aliphatic rings. The van der Waals surface area contributed by atoms with Gasteiger partial charge in [0.25, 0.3) is 5.91 Å². The smallest absolute Gasteiger partial charge is 0.286 e. The van der Waals surface area contributed by atoms with E-state index in [-0.39, 0.29) is 11.8 Å². The topological polar surface area (TPSA) is 77.0 Å². The highest BCUT2D eigenvalue weighted by atomic mass is 127. The Hall–Kier alpha value is -1.55. The zero-order valence-electron chi connectivity index (χ0n) is 14.2. The van der Waals surface area contributed by atoms with E-state index in [1.165, 1.54) is 6.92 Å². The maximum atomic E-state index is 12.0. The van der Waals surface area contributed by atoms with E-state index in [2.05, 4.69) is 32.9 Å². The van der Waals surface area contributed by atoms with Gasteiger partial charge in [0.15, 0.2) is 16.7 Å². The first-order valence-corrected chi connectivity index (χ1v) is 9.73. The number of ether oxygens (including phenoxy) is 2. The van der Waals surface area contributed by atoms with Crippen molar-refractivity contribution in [1.29, 1.82) is 0 Å². The van der Waals surface area contributed by atoms with Gasteiger partial charge in [-0.1, -0.05) is 6.92 Å². The largest absolute Gasteiger partial charge is 0.490 e. The molecule has 8 heteroatoms. The van der Waals surface area contributed by atoms with Crippen molar-refractivity contribution in [1.82, 2.24) is 5.32 Å². The van der Waals surface area contributed by atoms with E-state index in [9.17, 15) is 9.59 Å². The molecule has 6 nitrogen and oxygen atoms in total. The number of nitrogens with zero attached hydrogens (tertiary/aromatic N) is 1. The number of amides is 2. The lowest BCUT2D eigenvalue weighted by Gasteiger charge is -2.14. The molecule has 0 saturated heterocycles. The second-order valence-electron chi connectivity index (χ2n) is 5.13. The van der Waals surface area contributed by atoms with Crippen LogP contribution in [0, 0.1) is 3.57 Å². The van der Waals surface area contributed by atoms with Gasteiger partial charge in [-0.2, -0.15) is 4.99 Å². The number of nitrogens with one attached hydrogen (secondary N) is 1. The monoisotopic (exact) mass is 474 g/mol. The molecular formula is C17H19IN2O4S. The van der Waals surface area contributed by atoms with Gasteiger partial charge in [-0.15, -0.1) is 0 Å². The molecule has 2 rings (SSSR count). The summed E-state index contributed by atoms with van der Waals surface area (Å²) in [5, 5.41) is 2.83. The molecule has 0 atom stereocenters. The van der Waals surface area contributed by atoms with Crippen molar-refractivity contribution in [3.63, 3.8) is 0 Å².